The molecule has 1 N–H and O–H groups in total. The molecule has 16 heavy (non-hydrogen) atoms. The van der Waals surface area contributed by atoms with Gasteiger partial charge in [-0.25, -0.2) is 0 Å². The van der Waals surface area contributed by atoms with Crippen molar-refractivity contribution in [3.63, 3.8) is 0 Å². The number of carboxylic acid groups (broad SMARTS) is 1. The molecule has 1 unspecified atom stereocenters. The van der Waals surface area contributed by atoms with Crippen molar-refractivity contribution in [2.45, 2.75) is 25.0 Å². The Morgan fingerprint density at radius 1 is 1.31 bits per heavy atom. The standard InChI is InChI=1S/C6H8N2O8/c9-5(10)4-1-2-6(3-4,15-7(11)12)16-8(13)14/h4H,1-3H2,(H,9,10). The van der Waals surface area contributed by atoms with Crippen LogP contribution in [0.3, 0.4) is 0 Å². The minimum absolute atomic E-state index is 0.0248. The van der Waals surface area contributed by atoms with Crippen molar-refractivity contribution in [3.8, 4) is 0 Å². The van der Waals surface area contributed by atoms with Gasteiger partial charge in [0.15, 0.2) is 0 Å². The van der Waals surface area contributed by atoms with Crippen molar-refractivity contribution >= 4 is 5.97 Å². The summed E-state index contributed by atoms with van der Waals surface area (Å²) in [5, 5.41) is 26.5. The second kappa shape index (κ2) is 4.16. The third kappa shape index (κ3) is 2.68. The Labute approximate surface area is 88.0 Å². The summed E-state index contributed by atoms with van der Waals surface area (Å²) in [5.74, 6) is -4.23. The molecule has 0 spiro atoms. The summed E-state index contributed by atoms with van der Waals surface area (Å²) in [7, 11) is 0. The first-order valence-electron chi connectivity index (χ1n) is 4.24. The van der Waals surface area contributed by atoms with Crippen molar-refractivity contribution in [1.29, 1.82) is 0 Å². The third-order valence-electron chi connectivity index (χ3n) is 2.26. The third-order valence-corrected chi connectivity index (χ3v) is 2.26. The Morgan fingerprint density at radius 3 is 2.12 bits per heavy atom. The molecule has 90 valence electrons. The molecule has 0 radical (unpaired) electrons. The molecule has 0 aromatic heterocycles. The van der Waals surface area contributed by atoms with Gasteiger partial charge in [-0.2, -0.15) is 0 Å². The SMILES string of the molecule is O=C(O)C1CCC(O[N+](=O)[O-])(O[N+](=O)[O-])C1. The average molecular weight is 236 g/mol. The van der Waals surface area contributed by atoms with Gasteiger partial charge in [-0.05, 0) is 6.42 Å². The highest BCUT2D eigenvalue weighted by Crippen LogP contribution is 2.38. The number of carboxylic acids is 1. The van der Waals surface area contributed by atoms with Gasteiger partial charge in [-0.15, -0.1) is 20.2 Å². The summed E-state index contributed by atoms with van der Waals surface area (Å²) in [5.41, 5.74) is 0. The van der Waals surface area contributed by atoms with Crippen LogP contribution < -0.4 is 0 Å². The number of rotatable bonds is 5. The molecular weight excluding hydrogens is 228 g/mol. The summed E-state index contributed by atoms with van der Waals surface area (Å²) >= 11 is 0. The minimum Gasteiger partial charge on any atom is -0.481 e. The van der Waals surface area contributed by atoms with Crippen LogP contribution in [0.15, 0.2) is 0 Å². The van der Waals surface area contributed by atoms with Crippen LogP contribution in [-0.2, 0) is 14.5 Å². The predicted octanol–water partition coefficient (Wildman–Crippen LogP) is -0.0160. The van der Waals surface area contributed by atoms with Crippen LogP contribution in [-0.4, -0.2) is 27.0 Å². The van der Waals surface area contributed by atoms with Crippen molar-refractivity contribution in [1.82, 2.24) is 0 Å². The van der Waals surface area contributed by atoms with Crippen LogP contribution in [0.4, 0.5) is 0 Å². The van der Waals surface area contributed by atoms with Gasteiger partial charge >= 0.3 is 5.97 Å². The molecule has 1 atom stereocenters. The van der Waals surface area contributed by atoms with E-state index in [1.165, 1.54) is 0 Å². The van der Waals surface area contributed by atoms with Crippen molar-refractivity contribution < 1.29 is 29.7 Å². The van der Waals surface area contributed by atoms with Crippen LogP contribution in [0.2, 0.25) is 0 Å². The smallest absolute Gasteiger partial charge is 0.306 e. The van der Waals surface area contributed by atoms with E-state index in [-0.39, 0.29) is 12.8 Å². The molecule has 1 aliphatic carbocycles. The lowest BCUT2D eigenvalue weighted by molar-refractivity contribution is -0.872. The van der Waals surface area contributed by atoms with Gasteiger partial charge < -0.3 is 5.11 Å². The van der Waals surface area contributed by atoms with E-state index in [0.29, 0.717) is 0 Å². The second-order valence-electron chi connectivity index (χ2n) is 3.32. The number of nitrogens with zero attached hydrogens (tertiary/aromatic N) is 2. The molecule has 0 bridgehead atoms. The number of carbonyl (C=O) groups is 1. The van der Waals surface area contributed by atoms with Crippen LogP contribution in [0.25, 0.3) is 0 Å². The van der Waals surface area contributed by atoms with E-state index in [1.54, 1.807) is 0 Å². The van der Waals surface area contributed by atoms with E-state index in [1.807, 2.05) is 0 Å². The fourth-order valence-electron chi connectivity index (χ4n) is 1.64. The maximum absolute atomic E-state index is 10.6. The average Bonchev–Trinajstić information content (AvgIpc) is 2.46. The molecule has 0 amide bonds. The largest absolute Gasteiger partial charge is 0.481 e. The summed E-state index contributed by atoms with van der Waals surface area (Å²) in [6.45, 7) is 0. The highest BCUT2D eigenvalue weighted by molar-refractivity contribution is 5.70. The van der Waals surface area contributed by atoms with Gasteiger partial charge in [0.25, 0.3) is 16.0 Å². The van der Waals surface area contributed by atoms with E-state index >= 15 is 0 Å². The summed E-state index contributed by atoms with van der Waals surface area (Å²) in [6, 6.07) is 0. The molecule has 0 aliphatic heterocycles. The van der Waals surface area contributed by atoms with Crippen molar-refractivity contribution in [2.75, 3.05) is 0 Å². The first-order valence-corrected chi connectivity index (χ1v) is 4.24. The first-order chi connectivity index (χ1) is 7.34. The quantitative estimate of drug-likeness (QED) is 0.398. The molecule has 1 saturated carbocycles. The zero-order valence-electron chi connectivity index (χ0n) is 7.90. The van der Waals surface area contributed by atoms with Gasteiger partial charge in [0.2, 0.25) is 0 Å². The van der Waals surface area contributed by atoms with E-state index in [9.17, 15) is 25.0 Å². The van der Waals surface area contributed by atoms with E-state index < -0.39 is 34.3 Å². The molecule has 0 heterocycles. The van der Waals surface area contributed by atoms with E-state index in [0.717, 1.165) is 0 Å². The lowest BCUT2D eigenvalue weighted by Crippen LogP contribution is -2.38. The number of aliphatic carboxylic acids is 1. The number of hydrogen-bond acceptors (Lipinski definition) is 7. The van der Waals surface area contributed by atoms with E-state index in [2.05, 4.69) is 9.68 Å². The van der Waals surface area contributed by atoms with Crippen molar-refractivity contribution in [2.24, 2.45) is 5.92 Å². The topological polar surface area (TPSA) is 142 Å². The zero-order chi connectivity index (χ0) is 12.3. The lowest BCUT2D eigenvalue weighted by Gasteiger charge is -2.23. The molecule has 1 fully saturated rings. The van der Waals surface area contributed by atoms with Crippen LogP contribution in [0.5, 0.6) is 0 Å². The Kier molecular flexibility index (Phi) is 3.11. The Balaban J connectivity index is 2.77. The summed E-state index contributed by atoms with van der Waals surface area (Å²) < 4.78 is 0. The fraction of sp³-hybridized carbons (Fsp3) is 0.833. The Bertz CT molecular complexity index is 312. The van der Waals surface area contributed by atoms with Gasteiger partial charge in [-0.1, -0.05) is 0 Å². The predicted molar refractivity (Wildman–Crippen MR) is 43.9 cm³/mol. The highest BCUT2D eigenvalue weighted by Gasteiger charge is 2.48. The molecule has 0 aromatic carbocycles. The van der Waals surface area contributed by atoms with Gasteiger partial charge in [0.05, 0.1) is 5.92 Å². The summed E-state index contributed by atoms with van der Waals surface area (Å²) in [6.07, 6.45) is -0.618. The van der Waals surface area contributed by atoms with Gasteiger partial charge in [-0.3, -0.25) is 14.5 Å². The molecular formula is C6H8N2O8. The second-order valence-corrected chi connectivity index (χ2v) is 3.32. The molecule has 1 rings (SSSR count). The van der Waals surface area contributed by atoms with E-state index in [4.69, 9.17) is 5.11 Å². The fourth-order valence-corrected chi connectivity index (χ4v) is 1.64. The van der Waals surface area contributed by atoms with Crippen LogP contribution in [0, 0.1) is 26.1 Å². The van der Waals surface area contributed by atoms with Crippen molar-refractivity contribution in [3.05, 3.63) is 20.2 Å². The Morgan fingerprint density at radius 2 is 1.81 bits per heavy atom. The minimum atomic E-state index is -2.09. The maximum atomic E-state index is 10.6. The first kappa shape index (κ1) is 11.9. The molecule has 1 aliphatic rings. The summed E-state index contributed by atoms with van der Waals surface area (Å²) in [4.78, 5) is 39.1. The Hall–Kier alpha value is -2.13. The lowest BCUT2D eigenvalue weighted by atomic mass is 10.1. The molecule has 10 heteroatoms. The zero-order valence-corrected chi connectivity index (χ0v) is 7.90. The molecule has 10 nitrogen and oxygen atoms in total. The van der Waals surface area contributed by atoms with Gasteiger partial charge in [0.1, 0.15) is 0 Å². The van der Waals surface area contributed by atoms with Gasteiger partial charge in [0, 0.05) is 12.8 Å². The molecule has 0 saturated heterocycles. The van der Waals surface area contributed by atoms with Crippen LogP contribution in [0.1, 0.15) is 19.3 Å². The number of hydrogen-bond donors (Lipinski definition) is 1. The highest BCUT2D eigenvalue weighted by atomic mass is 17.1. The normalized spacial score (nSPS) is 22.4. The maximum Gasteiger partial charge on any atom is 0.306 e. The van der Waals surface area contributed by atoms with Crippen LogP contribution >= 0.6 is 0 Å². The monoisotopic (exact) mass is 236 g/mol. The molecule has 0 aromatic rings.